The van der Waals surface area contributed by atoms with E-state index in [1.165, 1.54) is 34.1 Å². The Labute approximate surface area is 194 Å². The number of fused-ring (bicyclic) bond motifs is 5. The van der Waals surface area contributed by atoms with E-state index >= 15 is 0 Å². The van der Waals surface area contributed by atoms with E-state index in [1.807, 2.05) is 12.1 Å². The molecule has 5 aromatic rings. The molecule has 0 aliphatic heterocycles. The maximum Gasteiger partial charge on any atom is 0.127 e. The van der Waals surface area contributed by atoms with E-state index in [0.29, 0.717) is 0 Å². The first-order valence-electron chi connectivity index (χ1n) is 10.7. The predicted octanol–water partition coefficient (Wildman–Crippen LogP) is 6.70. The normalized spacial score (nSPS) is 13.0. The van der Waals surface area contributed by atoms with Crippen molar-refractivity contribution in [2.24, 2.45) is 0 Å². The molecule has 1 aliphatic rings. The first kappa shape index (κ1) is 19.7. The van der Waals surface area contributed by atoms with Crippen molar-refractivity contribution >= 4 is 43.5 Å². The molecule has 0 saturated heterocycles. The third-order valence-electron chi connectivity index (χ3n) is 6.02. The van der Waals surface area contributed by atoms with E-state index < -0.39 is 0 Å². The zero-order chi connectivity index (χ0) is 21.5. The average Bonchev–Trinajstić information content (AvgIpc) is 3.48. The van der Waals surface area contributed by atoms with Gasteiger partial charge in [-0.15, -0.1) is 23.1 Å². The molecule has 0 saturated carbocycles. The van der Waals surface area contributed by atoms with E-state index in [2.05, 4.69) is 47.4 Å². The number of aromatic nitrogens is 3. The molecule has 4 nitrogen and oxygen atoms in total. The van der Waals surface area contributed by atoms with Gasteiger partial charge in [0.15, 0.2) is 0 Å². The van der Waals surface area contributed by atoms with Crippen LogP contribution in [0.25, 0.3) is 31.7 Å². The molecule has 0 amide bonds. The van der Waals surface area contributed by atoms with E-state index in [9.17, 15) is 0 Å². The third kappa shape index (κ3) is 3.34. The second-order valence-electron chi connectivity index (χ2n) is 7.91. The van der Waals surface area contributed by atoms with Gasteiger partial charge >= 0.3 is 0 Å². The molecule has 2 aromatic carbocycles. The molecule has 0 bridgehead atoms. The van der Waals surface area contributed by atoms with Crippen LogP contribution in [0.15, 0.2) is 66.0 Å². The Morgan fingerprint density at radius 1 is 0.969 bits per heavy atom. The van der Waals surface area contributed by atoms with Gasteiger partial charge in [0.05, 0.1) is 23.0 Å². The summed E-state index contributed by atoms with van der Waals surface area (Å²) in [7, 11) is 1.69. The van der Waals surface area contributed by atoms with Gasteiger partial charge in [0.1, 0.15) is 21.9 Å². The zero-order valence-electron chi connectivity index (χ0n) is 17.7. The summed E-state index contributed by atoms with van der Waals surface area (Å²) in [6.07, 6.45) is 5.07. The number of hydrogen-bond acceptors (Lipinski definition) is 6. The zero-order valence-corrected chi connectivity index (χ0v) is 19.3. The van der Waals surface area contributed by atoms with Gasteiger partial charge in [-0.25, -0.2) is 15.0 Å². The summed E-state index contributed by atoms with van der Waals surface area (Å²) < 4.78 is 6.41. The lowest BCUT2D eigenvalue weighted by Crippen LogP contribution is -1.94. The molecule has 32 heavy (non-hydrogen) atoms. The third-order valence-corrected chi connectivity index (χ3v) is 8.29. The largest absolute Gasteiger partial charge is 0.497 e. The van der Waals surface area contributed by atoms with Gasteiger partial charge < -0.3 is 4.74 Å². The summed E-state index contributed by atoms with van der Waals surface area (Å²) in [5, 5.41) is 2.27. The lowest BCUT2D eigenvalue weighted by Gasteiger charge is -2.09. The fraction of sp³-hybridized carbons (Fsp3) is 0.192. The lowest BCUT2D eigenvalue weighted by molar-refractivity contribution is 0.414. The first-order chi connectivity index (χ1) is 15.8. The van der Waals surface area contributed by atoms with E-state index in [-0.39, 0.29) is 0 Å². The van der Waals surface area contributed by atoms with Crippen LogP contribution >= 0.6 is 23.1 Å². The topological polar surface area (TPSA) is 47.9 Å². The highest BCUT2D eigenvalue weighted by atomic mass is 32.2. The molecular weight excluding hydrogens is 434 g/mol. The van der Waals surface area contributed by atoms with Crippen LogP contribution in [0.2, 0.25) is 0 Å². The molecule has 3 heterocycles. The van der Waals surface area contributed by atoms with E-state index in [1.54, 1.807) is 36.5 Å². The molecule has 0 fully saturated rings. The van der Waals surface area contributed by atoms with Gasteiger partial charge in [-0.2, -0.15) is 0 Å². The average molecular weight is 456 g/mol. The minimum absolute atomic E-state index is 0.852. The molecule has 0 radical (unpaired) electrons. The minimum Gasteiger partial charge on any atom is -0.497 e. The van der Waals surface area contributed by atoms with Gasteiger partial charge in [-0.05, 0) is 48.1 Å². The van der Waals surface area contributed by atoms with Crippen molar-refractivity contribution in [1.82, 2.24) is 15.0 Å². The summed E-state index contributed by atoms with van der Waals surface area (Å²) >= 11 is 3.48. The number of hydrogen-bond donors (Lipinski definition) is 0. The number of ether oxygens (including phenoxy) is 1. The highest BCUT2D eigenvalue weighted by Crippen LogP contribution is 2.44. The van der Waals surface area contributed by atoms with Crippen molar-refractivity contribution in [3.05, 3.63) is 77.6 Å². The molecule has 1 aliphatic carbocycles. The summed E-state index contributed by atoms with van der Waals surface area (Å²) in [5.74, 6) is 1.73. The van der Waals surface area contributed by atoms with Crippen molar-refractivity contribution in [3.63, 3.8) is 0 Å². The van der Waals surface area contributed by atoms with E-state index in [0.717, 1.165) is 50.1 Å². The molecule has 0 atom stereocenters. The Morgan fingerprint density at radius 3 is 2.59 bits per heavy atom. The van der Waals surface area contributed by atoms with Crippen LogP contribution in [0.5, 0.6) is 5.75 Å². The summed E-state index contributed by atoms with van der Waals surface area (Å²) in [6.45, 7) is 0. The van der Waals surface area contributed by atoms with Gasteiger partial charge in [-0.3, -0.25) is 0 Å². The van der Waals surface area contributed by atoms with Crippen LogP contribution in [0.4, 0.5) is 0 Å². The maximum absolute atomic E-state index is 5.27. The van der Waals surface area contributed by atoms with Crippen molar-refractivity contribution in [3.8, 4) is 17.0 Å². The van der Waals surface area contributed by atoms with Crippen LogP contribution in [0, 0.1) is 0 Å². The Morgan fingerprint density at radius 2 is 1.78 bits per heavy atom. The number of benzene rings is 2. The Kier molecular flexibility index (Phi) is 5.04. The minimum atomic E-state index is 0.852. The molecule has 6 heteroatoms. The van der Waals surface area contributed by atoms with Crippen LogP contribution < -0.4 is 4.74 Å². The first-order valence-corrected chi connectivity index (χ1v) is 12.5. The number of methoxy groups -OCH3 is 1. The summed E-state index contributed by atoms with van der Waals surface area (Å²) in [4.78, 5) is 15.6. The number of thiophene rings is 1. The maximum atomic E-state index is 5.27. The van der Waals surface area contributed by atoms with Crippen LogP contribution in [-0.2, 0) is 18.6 Å². The van der Waals surface area contributed by atoms with Gasteiger partial charge in [0.2, 0.25) is 0 Å². The van der Waals surface area contributed by atoms with Gasteiger partial charge in [0.25, 0.3) is 0 Å². The molecule has 3 aromatic heterocycles. The van der Waals surface area contributed by atoms with Crippen molar-refractivity contribution < 1.29 is 4.74 Å². The molecule has 0 spiro atoms. The van der Waals surface area contributed by atoms with E-state index in [4.69, 9.17) is 14.7 Å². The van der Waals surface area contributed by atoms with Crippen LogP contribution in [0.1, 0.15) is 23.1 Å². The number of thioether (sulfide) groups is 1. The second-order valence-corrected chi connectivity index (χ2v) is 9.88. The highest BCUT2D eigenvalue weighted by Gasteiger charge is 2.24. The summed E-state index contributed by atoms with van der Waals surface area (Å²) in [5.41, 5.74) is 7.47. The number of aryl methyl sites for hydroxylation is 1. The van der Waals surface area contributed by atoms with Crippen LogP contribution in [-0.4, -0.2) is 22.1 Å². The molecule has 0 N–H and O–H groups in total. The quantitative estimate of drug-likeness (QED) is 0.218. The predicted molar refractivity (Wildman–Crippen MR) is 133 cm³/mol. The Balaban J connectivity index is 1.44. The second kappa shape index (κ2) is 8.19. The Hall–Kier alpha value is -2.96. The van der Waals surface area contributed by atoms with Crippen LogP contribution in [0.3, 0.4) is 0 Å². The smallest absolute Gasteiger partial charge is 0.127 e. The number of rotatable bonds is 5. The summed E-state index contributed by atoms with van der Waals surface area (Å²) in [6, 6.07) is 18.8. The SMILES string of the molecule is COc1ccc(CSc2ncnc3c2sc2nc(-c4ccccc4)c4c(c23)CCC4)cc1. The monoisotopic (exact) mass is 455 g/mol. The standard InChI is InChI=1S/C26H21N3OS2/c1-30-18-12-10-16(11-13-18)14-31-26-24-23(27-15-28-26)21-19-8-5-9-20(19)22(29-25(21)32-24)17-6-3-2-4-7-17/h2-4,6-7,10-13,15H,5,8-9,14H2,1H3. The molecule has 6 rings (SSSR count). The van der Waals surface area contributed by atoms with Crippen molar-refractivity contribution in [1.29, 1.82) is 0 Å². The van der Waals surface area contributed by atoms with Crippen molar-refractivity contribution in [2.75, 3.05) is 7.11 Å². The Bertz CT molecular complexity index is 1430. The lowest BCUT2D eigenvalue weighted by atomic mass is 10.0. The fourth-order valence-electron chi connectivity index (χ4n) is 4.49. The van der Waals surface area contributed by atoms with Gasteiger partial charge in [-0.1, -0.05) is 42.5 Å². The fourth-order valence-corrected chi connectivity index (χ4v) is 6.68. The highest BCUT2D eigenvalue weighted by molar-refractivity contribution is 7.98. The molecule has 0 unspecified atom stereocenters. The number of pyridine rings is 1. The number of nitrogens with zero attached hydrogens (tertiary/aromatic N) is 3. The molecular formula is C26H21N3OS2. The van der Waals surface area contributed by atoms with Gasteiger partial charge in [0, 0.05) is 16.7 Å². The molecule has 158 valence electrons. The van der Waals surface area contributed by atoms with Crippen molar-refractivity contribution in [2.45, 2.75) is 30.0 Å².